The highest BCUT2D eigenvalue weighted by Gasteiger charge is 2.23. The Bertz CT molecular complexity index is 693. The van der Waals surface area contributed by atoms with Gasteiger partial charge in [-0.3, -0.25) is 14.6 Å². The lowest BCUT2D eigenvalue weighted by atomic mass is 10.2. The second kappa shape index (κ2) is 11.0. The minimum absolute atomic E-state index is 0.0428. The highest BCUT2D eigenvalue weighted by Crippen LogP contribution is 2.17. The minimum Gasteiger partial charge on any atom is -0.444 e. The Kier molecular flexibility index (Phi) is 8.75. The van der Waals surface area contributed by atoms with Crippen LogP contribution in [-0.4, -0.2) is 69.6 Å². The van der Waals surface area contributed by atoms with Crippen molar-refractivity contribution in [2.45, 2.75) is 45.8 Å². The molecule has 0 bridgehead atoms. The number of ether oxygens (including phenoxy) is 1. The van der Waals surface area contributed by atoms with E-state index in [1.165, 1.54) is 11.8 Å². The lowest BCUT2D eigenvalue weighted by Crippen LogP contribution is -2.38. The van der Waals surface area contributed by atoms with E-state index in [4.69, 9.17) is 4.74 Å². The van der Waals surface area contributed by atoms with Crippen molar-refractivity contribution in [2.24, 2.45) is 0 Å². The van der Waals surface area contributed by atoms with Crippen molar-refractivity contribution < 1.29 is 19.1 Å². The molecule has 1 saturated heterocycles. The van der Waals surface area contributed by atoms with E-state index in [0.717, 1.165) is 11.3 Å². The van der Waals surface area contributed by atoms with Gasteiger partial charge in [-0.05, 0) is 38.8 Å². The normalized spacial score (nSPS) is 14.0. The molecule has 1 fully saturated rings. The lowest BCUT2D eigenvalue weighted by Gasteiger charge is -2.27. The SMILES string of the molecule is CC(C)(C)OC(=O)N(CCCNC(=O)CCN1CCSC1=O)Cc1cccnc1. The summed E-state index contributed by atoms with van der Waals surface area (Å²) in [7, 11) is 0. The summed E-state index contributed by atoms with van der Waals surface area (Å²) < 4.78 is 5.50. The molecule has 2 rings (SSSR count). The van der Waals surface area contributed by atoms with Crippen LogP contribution in [0.15, 0.2) is 24.5 Å². The third-order valence-electron chi connectivity index (χ3n) is 4.13. The Morgan fingerprint density at radius 1 is 1.38 bits per heavy atom. The molecule has 1 aromatic rings. The van der Waals surface area contributed by atoms with E-state index < -0.39 is 11.7 Å². The molecule has 160 valence electrons. The number of pyridine rings is 1. The summed E-state index contributed by atoms with van der Waals surface area (Å²) in [5, 5.41) is 2.90. The average Bonchev–Trinajstić information content (AvgIpc) is 3.06. The molecule has 29 heavy (non-hydrogen) atoms. The van der Waals surface area contributed by atoms with E-state index >= 15 is 0 Å². The van der Waals surface area contributed by atoms with Crippen molar-refractivity contribution in [3.05, 3.63) is 30.1 Å². The summed E-state index contributed by atoms with van der Waals surface area (Å²) in [6.07, 6.45) is 3.90. The van der Waals surface area contributed by atoms with Crippen LogP contribution in [0.4, 0.5) is 9.59 Å². The van der Waals surface area contributed by atoms with Gasteiger partial charge in [-0.25, -0.2) is 4.79 Å². The van der Waals surface area contributed by atoms with Crippen LogP contribution in [0.5, 0.6) is 0 Å². The molecule has 8 nitrogen and oxygen atoms in total. The standard InChI is InChI=1S/C20H30N4O4S/c1-20(2,3)28-18(26)24(15-16-6-4-8-21-14-16)10-5-9-22-17(25)7-11-23-12-13-29-19(23)27/h4,6,8,14H,5,7,9-13,15H2,1-3H3,(H,22,25). The smallest absolute Gasteiger partial charge is 0.410 e. The molecule has 0 radical (unpaired) electrons. The molecule has 1 aliphatic heterocycles. The maximum absolute atomic E-state index is 12.5. The van der Waals surface area contributed by atoms with Gasteiger partial charge in [-0.2, -0.15) is 0 Å². The summed E-state index contributed by atoms with van der Waals surface area (Å²) in [5.74, 6) is 0.698. The van der Waals surface area contributed by atoms with Gasteiger partial charge in [0.25, 0.3) is 5.24 Å². The number of hydrogen-bond donors (Lipinski definition) is 1. The largest absolute Gasteiger partial charge is 0.444 e. The molecular weight excluding hydrogens is 392 g/mol. The van der Waals surface area contributed by atoms with Crippen LogP contribution in [0.25, 0.3) is 0 Å². The van der Waals surface area contributed by atoms with E-state index in [2.05, 4.69) is 10.3 Å². The number of thioether (sulfide) groups is 1. The van der Waals surface area contributed by atoms with Gasteiger partial charge < -0.3 is 19.9 Å². The maximum atomic E-state index is 12.5. The van der Waals surface area contributed by atoms with E-state index in [1.54, 1.807) is 22.2 Å². The zero-order chi connectivity index (χ0) is 21.3. The monoisotopic (exact) mass is 422 g/mol. The summed E-state index contributed by atoms with van der Waals surface area (Å²) >= 11 is 1.29. The number of nitrogens with zero attached hydrogens (tertiary/aromatic N) is 3. The van der Waals surface area contributed by atoms with Crippen molar-refractivity contribution in [1.29, 1.82) is 0 Å². The van der Waals surface area contributed by atoms with Crippen LogP contribution in [0.3, 0.4) is 0 Å². The molecule has 0 atom stereocenters. The molecule has 2 heterocycles. The van der Waals surface area contributed by atoms with Gasteiger partial charge in [0.05, 0.1) is 6.54 Å². The Morgan fingerprint density at radius 3 is 2.79 bits per heavy atom. The molecule has 1 N–H and O–H groups in total. The average molecular weight is 423 g/mol. The number of nitrogens with one attached hydrogen (secondary N) is 1. The Hall–Kier alpha value is -2.29. The zero-order valence-electron chi connectivity index (χ0n) is 17.3. The van der Waals surface area contributed by atoms with Crippen molar-refractivity contribution >= 4 is 29.0 Å². The molecule has 0 spiro atoms. The first-order valence-corrected chi connectivity index (χ1v) is 10.8. The van der Waals surface area contributed by atoms with Crippen molar-refractivity contribution in [1.82, 2.24) is 20.1 Å². The first kappa shape index (κ1) is 23.0. The van der Waals surface area contributed by atoms with Crippen LogP contribution in [0.1, 0.15) is 39.2 Å². The number of rotatable bonds is 9. The summed E-state index contributed by atoms with van der Waals surface area (Å²) in [5.41, 5.74) is 0.333. The molecule has 1 aliphatic rings. The predicted octanol–water partition coefficient (Wildman–Crippen LogP) is 2.88. The highest BCUT2D eigenvalue weighted by molar-refractivity contribution is 8.13. The van der Waals surface area contributed by atoms with Gasteiger partial charge in [0.2, 0.25) is 5.91 Å². The number of aromatic nitrogens is 1. The quantitative estimate of drug-likeness (QED) is 0.615. The number of hydrogen-bond acceptors (Lipinski definition) is 6. The summed E-state index contributed by atoms with van der Waals surface area (Å²) in [6.45, 7) is 7.94. The first-order chi connectivity index (χ1) is 13.7. The van der Waals surface area contributed by atoms with Gasteiger partial charge in [0, 0.05) is 50.7 Å². The van der Waals surface area contributed by atoms with Gasteiger partial charge in [-0.1, -0.05) is 17.8 Å². The summed E-state index contributed by atoms with van der Waals surface area (Å²) in [4.78, 5) is 43.5. The molecule has 0 unspecified atom stereocenters. The number of carbonyl (C=O) groups excluding carboxylic acids is 3. The molecule has 1 aromatic heterocycles. The molecular formula is C20H30N4O4S. The maximum Gasteiger partial charge on any atom is 0.410 e. The fourth-order valence-corrected chi connectivity index (χ4v) is 3.58. The van der Waals surface area contributed by atoms with E-state index in [0.29, 0.717) is 39.1 Å². The fourth-order valence-electron chi connectivity index (χ4n) is 2.72. The highest BCUT2D eigenvalue weighted by atomic mass is 32.2. The Labute approximate surface area is 176 Å². The van der Waals surface area contributed by atoms with Crippen LogP contribution in [0, 0.1) is 0 Å². The second-order valence-corrected chi connectivity index (χ2v) is 8.86. The third kappa shape index (κ3) is 8.72. The molecule has 0 aromatic carbocycles. The Balaban J connectivity index is 1.76. The first-order valence-electron chi connectivity index (χ1n) is 9.80. The molecule has 0 aliphatic carbocycles. The van der Waals surface area contributed by atoms with Crippen molar-refractivity contribution in [2.75, 3.05) is 31.9 Å². The zero-order valence-corrected chi connectivity index (χ0v) is 18.2. The second-order valence-electron chi connectivity index (χ2n) is 7.82. The van der Waals surface area contributed by atoms with E-state index in [9.17, 15) is 14.4 Å². The van der Waals surface area contributed by atoms with Crippen molar-refractivity contribution in [3.8, 4) is 0 Å². The van der Waals surface area contributed by atoms with Gasteiger partial charge in [0.15, 0.2) is 0 Å². The van der Waals surface area contributed by atoms with Gasteiger partial charge >= 0.3 is 6.09 Å². The van der Waals surface area contributed by atoms with Crippen LogP contribution in [-0.2, 0) is 16.1 Å². The van der Waals surface area contributed by atoms with Crippen LogP contribution in [0.2, 0.25) is 0 Å². The number of carbonyl (C=O) groups is 3. The van der Waals surface area contributed by atoms with Gasteiger partial charge in [-0.15, -0.1) is 0 Å². The van der Waals surface area contributed by atoms with Crippen LogP contribution >= 0.6 is 11.8 Å². The van der Waals surface area contributed by atoms with E-state index in [-0.39, 0.29) is 17.6 Å². The fraction of sp³-hybridized carbons (Fsp3) is 0.600. The topological polar surface area (TPSA) is 91.8 Å². The third-order valence-corrected chi connectivity index (χ3v) is 5.02. The van der Waals surface area contributed by atoms with Gasteiger partial charge in [0.1, 0.15) is 5.60 Å². The van der Waals surface area contributed by atoms with E-state index in [1.807, 2.05) is 32.9 Å². The predicted molar refractivity (Wildman–Crippen MR) is 113 cm³/mol. The molecule has 3 amide bonds. The van der Waals surface area contributed by atoms with Crippen molar-refractivity contribution in [3.63, 3.8) is 0 Å². The lowest BCUT2D eigenvalue weighted by molar-refractivity contribution is -0.121. The molecule has 9 heteroatoms. The Morgan fingerprint density at radius 2 is 2.17 bits per heavy atom. The van der Waals surface area contributed by atoms with Crippen LogP contribution < -0.4 is 5.32 Å². The summed E-state index contributed by atoms with van der Waals surface area (Å²) in [6, 6.07) is 3.73. The molecule has 0 saturated carbocycles. The number of amides is 3. The minimum atomic E-state index is -0.580.